The summed E-state index contributed by atoms with van der Waals surface area (Å²) in [6.07, 6.45) is -3.68. The molecule has 2 atom stereocenters. The monoisotopic (exact) mass is 344 g/mol. The van der Waals surface area contributed by atoms with E-state index in [1.165, 1.54) is 12.1 Å². The van der Waals surface area contributed by atoms with Crippen molar-refractivity contribution in [1.82, 2.24) is 4.98 Å². The highest BCUT2D eigenvalue weighted by atomic mass is 19.4. The molecule has 0 radical (unpaired) electrons. The Labute approximate surface area is 134 Å². The summed E-state index contributed by atoms with van der Waals surface area (Å²) in [6, 6.07) is 5.34. The quantitative estimate of drug-likeness (QED) is 0.842. The van der Waals surface area contributed by atoms with Crippen LogP contribution >= 0.6 is 0 Å². The minimum absolute atomic E-state index is 0.256. The Morgan fingerprint density at radius 1 is 1.08 bits per heavy atom. The third-order valence-electron chi connectivity index (χ3n) is 3.79. The molecule has 8 heteroatoms. The highest BCUT2D eigenvalue weighted by molar-refractivity contribution is 5.39. The second-order valence-electron chi connectivity index (χ2n) is 5.43. The van der Waals surface area contributed by atoms with Crippen molar-refractivity contribution in [1.29, 1.82) is 0 Å². The van der Waals surface area contributed by atoms with Gasteiger partial charge in [0.15, 0.2) is 11.6 Å². The van der Waals surface area contributed by atoms with Gasteiger partial charge >= 0.3 is 6.18 Å². The van der Waals surface area contributed by atoms with Crippen LogP contribution in [0.1, 0.15) is 23.7 Å². The van der Waals surface area contributed by atoms with E-state index in [-0.39, 0.29) is 11.9 Å². The standard InChI is InChI=1S/C16H13F5N2O/c17-11-3-1-9(7-12(11)18)15-13(5-6-24-15)23-14-4-2-10(8-22-14)16(19,20)21/h1-4,7-8,13,15H,5-6H2,(H,22,23). The fourth-order valence-corrected chi connectivity index (χ4v) is 2.59. The van der Waals surface area contributed by atoms with E-state index in [1.807, 2.05) is 0 Å². The molecule has 1 aliphatic heterocycles. The van der Waals surface area contributed by atoms with Gasteiger partial charge in [-0.05, 0) is 36.2 Å². The summed E-state index contributed by atoms with van der Waals surface area (Å²) in [4.78, 5) is 3.75. The van der Waals surface area contributed by atoms with Gasteiger partial charge in [-0.25, -0.2) is 13.8 Å². The summed E-state index contributed by atoms with van der Waals surface area (Å²) in [5.41, 5.74) is -0.385. The number of rotatable bonds is 3. The van der Waals surface area contributed by atoms with Crippen molar-refractivity contribution in [2.45, 2.75) is 24.7 Å². The van der Waals surface area contributed by atoms with Gasteiger partial charge < -0.3 is 10.1 Å². The molecule has 1 fully saturated rings. The summed E-state index contributed by atoms with van der Waals surface area (Å²) in [7, 11) is 0. The first-order chi connectivity index (χ1) is 11.3. The molecule has 1 N–H and O–H groups in total. The second kappa shape index (κ2) is 6.35. The first kappa shape index (κ1) is 16.6. The van der Waals surface area contributed by atoms with E-state index in [9.17, 15) is 22.0 Å². The molecule has 3 nitrogen and oxygen atoms in total. The number of nitrogens with zero attached hydrogens (tertiary/aromatic N) is 1. The molecule has 128 valence electrons. The summed E-state index contributed by atoms with van der Waals surface area (Å²) in [5, 5.41) is 2.98. The van der Waals surface area contributed by atoms with Crippen LogP contribution in [0.3, 0.4) is 0 Å². The summed E-state index contributed by atoms with van der Waals surface area (Å²) < 4.78 is 69.5. The topological polar surface area (TPSA) is 34.1 Å². The van der Waals surface area contributed by atoms with Crippen molar-refractivity contribution in [3.05, 3.63) is 59.3 Å². The van der Waals surface area contributed by atoms with Gasteiger partial charge in [-0.15, -0.1) is 0 Å². The van der Waals surface area contributed by atoms with Crippen LogP contribution in [0, 0.1) is 11.6 Å². The van der Waals surface area contributed by atoms with E-state index in [0.717, 1.165) is 24.4 Å². The van der Waals surface area contributed by atoms with Gasteiger partial charge in [0.25, 0.3) is 0 Å². The van der Waals surface area contributed by atoms with Crippen LogP contribution < -0.4 is 5.32 Å². The van der Waals surface area contributed by atoms with Crippen molar-refractivity contribution >= 4 is 5.82 Å². The van der Waals surface area contributed by atoms with E-state index in [1.54, 1.807) is 0 Å². The van der Waals surface area contributed by atoms with Crippen molar-refractivity contribution in [2.24, 2.45) is 0 Å². The van der Waals surface area contributed by atoms with Crippen molar-refractivity contribution < 1.29 is 26.7 Å². The lowest BCUT2D eigenvalue weighted by atomic mass is 10.0. The van der Waals surface area contributed by atoms with Crippen LogP contribution in [0.5, 0.6) is 0 Å². The lowest BCUT2D eigenvalue weighted by Crippen LogP contribution is -2.24. The Balaban J connectivity index is 1.75. The lowest BCUT2D eigenvalue weighted by molar-refractivity contribution is -0.137. The van der Waals surface area contributed by atoms with Crippen molar-refractivity contribution in [3.8, 4) is 0 Å². The molecule has 2 aromatic rings. The molecule has 0 amide bonds. The number of halogens is 5. The Morgan fingerprint density at radius 2 is 1.88 bits per heavy atom. The molecular formula is C16H13F5N2O. The average molecular weight is 344 g/mol. The van der Waals surface area contributed by atoms with Crippen LogP contribution in [0.2, 0.25) is 0 Å². The molecular weight excluding hydrogens is 331 g/mol. The van der Waals surface area contributed by atoms with Crippen LogP contribution in [0.25, 0.3) is 0 Å². The van der Waals surface area contributed by atoms with E-state index in [0.29, 0.717) is 18.6 Å². The minimum Gasteiger partial charge on any atom is -0.371 e. The maximum atomic E-state index is 13.4. The number of aromatic nitrogens is 1. The molecule has 1 saturated heterocycles. The van der Waals surface area contributed by atoms with E-state index in [4.69, 9.17) is 4.74 Å². The van der Waals surface area contributed by atoms with Crippen LogP contribution in [0.4, 0.5) is 27.8 Å². The molecule has 3 rings (SSSR count). The zero-order valence-corrected chi connectivity index (χ0v) is 12.3. The number of ether oxygens (including phenoxy) is 1. The number of anilines is 1. The summed E-state index contributed by atoms with van der Waals surface area (Å²) >= 11 is 0. The van der Waals surface area contributed by atoms with Gasteiger partial charge in [0.2, 0.25) is 0 Å². The second-order valence-corrected chi connectivity index (χ2v) is 5.43. The van der Waals surface area contributed by atoms with Gasteiger partial charge in [0, 0.05) is 12.8 Å². The molecule has 0 aliphatic carbocycles. The molecule has 2 unspecified atom stereocenters. The zero-order valence-electron chi connectivity index (χ0n) is 12.3. The number of hydrogen-bond acceptors (Lipinski definition) is 3. The SMILES string of the molecule is Fc1ccc(C2OCCC2Nc2ccc(C(F)(F)F)cn2)cc1F. The van der Waals surface area contributed by atoms with Gasteiger partial charge in [-0.3, -0.25) is 0 Å². The summed E-state index contributed by atoms with van der Waals surface area (Å²) in [6.45, 7) is 0.391. The number of pyridine rings is 1. The predicted molar refractivity (Wildman–Crippen MR) is 76.3 cm³/mol. The zero-order chi connectivity index (χ0) is 17.3. The van der Waals surface area contributed by atoms with Crippen LogP contribution in [-0.2, 0) is 10.9 Å². The molecule has 0 bridgehead atoms. The number of benzene rings is 1. The maximum absolute atomic E-state index is 13.4. The third-order valence-corrected chi connectivity index (χ3v) is 3.79. The lowest BCUT2D eigenvalue weighted by Gasteiger charge is -2.21. The average Bonchev–Trinajstić information content (AvgIpc) is 2.98. The van der Waals surface area contributed by atoms with Gasteiger partial charge in [0.1, 0.15) is 11.9 Å². The van der Waals surface area contributed by atoms with Gasteiger partial charge in [0.05, 0.1) is 11.6 Å². The smallest absolute Gasteiger partial charge is 0.371 e. The molecule has 1 aromatic heterocycles. The molecule has 0 spiro atoms. The fraction of sp³-hybridized carbons (Fsp3) is 0.312. The highest BCUT2D eigenvalue weighted by Crippen LogP contribution is 2.33. The number of nitrogens with one attached hydrogen (secondary N) is 1. The molecule has 1 aliphatic rings. The largest absolute Gasteiger partial charge is 0.417 e. The van der Waals surface area contributed by atoms with Crippen molar-refractivity contribution in [2.75, 3.05) is 11.9 Å². The Morgan fingerprint density at radius 3 is 2.50 bits per heavy atom. The van der Waals surface area contributed by atoms with E-state index < -0.39 is 29.5 Å². The maximum Gasteiger partial charge on any atom is 0.417 e. The van der Waals surface area contributed by atoms with Crippen LogP contribution in [-0.4, -0.2) is 17.6 Å². The van der Waals surface area contributed by atoms with Gasteiger partial charge in [-0.2, -0.15) is 13.2 Å². The predicted octanol–water partition coefficient (Wildman–Crippen LogP) is 4.32. The van der Waals surface area contributed by atoms with Crippen LogP contribution in [0.15, 0.2) is 36.5 Å². The third kappa shape index (κ3) is 3.48. The van der Waals surface area contributed by atoms with E-state index in [2.05, 4.69) is 10.3 Å². The first-order valence-corrected chi connectivity index (χ1v) is 7.21. The fourth-order valence-electron chi connectivity index (χ4n) is 2.59. The molecule has 0 saturated carbocycles. The summed E-state index contributed by atoms with van der Waals surface area (Å²) in [5.74, 6) is -1.67. The molecule has 24 heavy (non-hydrogen) atoms. The Kier molecular flexibility index (Phi) is 4.40. The minimum atomic E-state index is -4.45. The van der Waals surface area contributed by atoms with Gasteiger partial charge in [-0.1, -0.05) is 6.07 Å². The molecule has 2 heterocycles. The number of alkyl halides is 3. The molecule has 1 aromatic carbocycles. The Bertz CT molecular complexity index is 717. The number of hydrogen-bond donors (Lipinski definition) is 1. The highest BCUT2D eigenvalue weighted by Gasteiger charge is 2.32. The normalized spacial score (nSPS) is 21.0. The van der Waals surface area contributed by atoms with Crippen molar-refractivity contribution in [3.63, 3.8) is 0 Å². The Hall–Kier alpha value is -2.22. The first-order valence-electron chi connectivity index (χ1n) is 7.21. The van der Waals surface area contributed by atoms with E-state index >= 15 is 0 Å².